The minimum atomic E-state index is -0.554. The second-order valence-electron chi connectivity index (χ2n) is 5.65. The fourth-order valence-electron chi connectivity index (χ4n) is 2.28. The predicted octanol–water partition coefficient (Wildman–Crippen LogP) is 4.92. The number of benzene rings is 2. The molecule has 0 saturated carbocycles. The van der Waals surface area contributed by atoms with Gasteiger partial charge in [-0.1, -0.05) is 61.8 Å². The largest absolute Gasteiger partial charge is 0.387 e. The van der Waals surface area contributed by atoms with Gasteiger partial charge in [0, 0.05) is 6.54 Å². The smallest absolute Gasteiger partial charge is 0.0962 e. The number of rotatable bonds is 5. The van der Waals surface area contributed by atoms with Gasteiger partial charge in [-0.15, -0.1) is 0 Å². The van der Waals surface area contributed by atoms with Crippen LogP contribution in [0.3, 0.4) is 0 Å². The standard InChI is InChI=1S/C18H22ClNO/c1-12(2)14-7-9-15(10-8-14)17(21)11-20-18-13(3)5-4-6-16(18)19/h4-10,12,17,20-21H,11H2,1-3H3. The van der Waals surface area contributed by atoms with E-state index < -0.39 is 6.10 Å². The molecule has 0 spiro atoms. The van der Waals surface area contributed by atoms with Crippen molar-refractivity contribution in [1.82, 2.24) is 0 Å². The third-order valence-electron chi connectivity index (χ3n) is 3.68. The van der Waals surface area contributed by atoms with Crippen molar-refractivity contribution in [3.8, 4) is 0 Å². The van der Waals surface area contributed by atoms with Gasteiger partial charge in [0.15, 0.2) is 0 Å². The Bertz CT molecular complexity index is 572. The highest BCUT2D eigenvalue weighted by molar-refractivity contribution is 6.33. The van der Waals surface area contributed by atoms with Crippen LogP contribution in [0.1, 0.15) is 42.6 Å². The Morgan fingerprint density at radius 3 is 2.24 bits per heavy atom. The Labute approximate surface area is 131 Å². The van der Waals surface area contributed by atoms with Gasteiger partial charge in [0.05, 0.1) is 16.8 Å². The van der Waals surface area contributed by atoms with Crippen LogP contribution in [0.2, 0.25) is 5.02 Å². The molecule has 0 fully saturated rings. The van der Waals surface area contributed by atoms with Crippen LogP contribution in [0, 0.1) is 6.92 Å². The summed E-state index contributed by atoms with van der Waals surface area (Å²) >= 11 is 6.17. The van der Waals surface area contributed by atoms with E-state index in [1.807, 2.05) is 37.3 Å². The van der Waals surface area contributed by atoms with E-state index in [1.54, 1.807) is 0 Å². The first-order valence-electron chi connectivity index (χ1n) is 7.26. The molecule has 2 aromatic carbocycles. The maximum absolute atomic E-state index is 10.3. The van der Waals surface area contributed by atoms with E-state index in [0.717, 1.165) is 16.8 Å². The first-order chi connectivity index (χ1) is 9.99. The lowest BCUT2D eigenvalue weighted by Gasteiger charge is -2.16. The molecule has 3 heteroatoms. The summed E-state index contributed by atoms with van der Waals surface area (Å²) in [5, 5.41) is 14.2. The molecule has 0 aromatic heterocycles. The van der Waals surface area contributed by atoms with Crippen molar-refractivity contribution in [3.63, 3.8) is 0 Å². The maximum atomic E-state index is 10.3. The van der Waals surface area contributed by atoms with Gasteiger partial charge in [0.25, 0.3) is 0 Å². The monoisotopic (exact) mass is 303 g/mol. The summed E-state index contributed by atoms with van der Waals surface area (Å²) in [6.45, 7) is 6.75. The van der Waals surface area contributed by atoms with Gasteiger partial charge >= 0.3 is 0 Å². The topological polar surface area (TPSA) is 32.3 Å². The minimum Gasteiger partial charge on any atom is -0.387 e. The molecule has 21 heavy (non-hydrogen) atoms. The lowest BCUT2D eigenvalue weighted by atomic mass is 10.00. The lowest BCUT2D eigenvalue weighted by molar-refractivity contribution is 0.191. The van der Waals surface area contributed by atoms with Gasteiger partial charge in [-0.25, -0.2) is 0 Å². The minimum absolute atomic E-state index is 0.436. The van der Waals surface area contributed by atoms with E-state index in [4.69, 9.17) is 11.6 Å². The third-order valence-corrected chi connectivity index (χ3v) is 4.00. The Hall–Kier alpha value is -1.51. The van der Waals surface area contributed by atoms with Crippen molar-refractivity contribution in [3.05, 3.63) is 64.2 Å². The van der Waals surface area contributed by atoms with Crippen LogP contribution in [0.4, 0.5) is 5.69 Å². The first kappa shape index (κ1) is 15.9. The Morgan fingerprint density at radius 1 is 1.05 bits per heavy atom. The molecule has 112 valence electrons. The molecule has 0 bridgehead atoms. The zero-order valence-corrected chi connectivity index (χ0v) is 13.5. The highest BCUT2D eigenvalue weighted by Gasteiger charge is 2.10. The molecule has 1 atom stereocenters. The number of para-hydroxylation sites is 1. The number of anilines is 1. The van der Waals surface area contributed by atoms with Crippen LogP contribution in [-0.2, 0) is 0 Å². The number of hydrogen-bond acceptors (Lipinski definition) is 2. The third kappa shape index (κ3) is 3.99. The van der Waals surface area contributed by atoms with Crippen molar-refractivity contribution >= 4 is 17.3 Å². The number of nitrogens with one attached hydrogen (secondary N) is 1. The fraction of sp³-hybridized carbons (Fsp3) is 0.333. The lowest BCUT2D eigenvalue weighted by Crippen LogP contribution is -2.13. The summed E-state index contributed by atoms with van der Waals surface area (Å²) in [6, 6.07) is 13.9. The SMILES string of the molecule is Cc1cccc(Cl)c1NCC(O)c1ccc(C(C)C)cc1. The van der Waals surface area contributed by atoms with Gasteiger partial charge < -0.3 is 10.4 Å². The first-order valence-corrected chi connectivity index (χ1v) is 7.63. The van der Waals surface area contributed by atoms with E-state index in [-0.39, 0.29) is 0 Å². The van der Waals surface area contributed by atoms with E-state index in [9.17, 15) is 5.11 Å². The van der Waals surface area contributed by atoms with E-state index in [0.29, 0.717) is 17.5 Å². The van der Waals surface area contributed by atoms with Crippen molar-refractivity contribution in [1.29, 1.82) is 0 Å². The van der Waals surface area contributed by atoms with Crippen molar-refractivity contribution in [2.75, 3.05) is 11.9 Å². The molecular formula is C18H22ClNO. The van der Waals surface area contributed by atoms with E-state index >= 15 is 0 Å². The van der Waals surface area contributed by atoms with Gasteiger partial charge in [-0.05, 0) is 35.6 Å². The van der Waals surface area contributed by atoms with Gasteiger partial charge in [-0.3, -0.25) is 0 Å². The molecular weight excluding hydrogens is 282 g/mol. The van der Waals surface area contributed by atoms with Crippen LogP contribution in [0.15, 0.2) is 42.5 Å². The van der Waals surface area contributed by atoms with Gasteiger partial charge in [0.1, 0.15) is 0 Å². The second kappa shape index (κ2) is 6.97. The Kier molecular flexibility index (Phi) is 5.27. The quantitative estimate of drug-likeness (QED) is 0.822. The normalized spacial score (nSPS) is 12.5. The van der Waals surface area contributed by atoms with Gasteiger partial charge in [0.2, 0.25) is 0 Å². The summed E-state index contributed by atoms with van der Waals surface area (Å²) in [6.07, 6.45) is -0.554. The zero-order chi connectivity index (χ0) is 15.4. The highest BCUT2D eigenvalue weighted by Crippen LogP contribution is 2.26. The molecule has 1 unspecified atom stereocenters. The molecule has 0 heterocycles. The average molecular weight is 304 g/mol. The van der Waals surface area contributed by atoms with Gasteiger partial charge in [-0.2, -0.15) is 0 Å². The molecule has 2 aromatic rings. The van der Waals surface area contributed by atoms with Crippen LogP contribution in [-0.4, -0.2) is 11.7 Å². The molecule has 0 aliphatic heterocycles. The average Bonchev–Trinajstić information content (AvgIpc) is 2.46. The Morgan fingerprint density at radius 2 is 1.67 bits per heavy atom. The maximum Gasteiger partial charge on any atom is 0.0962 e. The molecule has 2 rings (SSSR count). The summed E-state index contributed by atoms with van der Waals surface area (Å²) in [4.78, 5) is 0. The second-order valence-corrected chi connectivity index (χ2v) is 6.06. The highest BCUT2D eigenvalue weighted by atomic mass is 35.5. The fourth-order valence-corrected chi connectivity index (χ4v) is 2.56. The summed E-state index contributed by atoms with van der Waals surface area (Å²) in [5.41, 5.74) is 4.15. The summed E-state index contributed by atoms with van der Waals surface area (Å²) < 4.78 is 0. The van der Waals surface area contributed by atoms with Crippen LogP contribution in [0.25, 0.3) is 0 Å². The molecule has 0 saturated heterocycles. The number of aliphatic hydroxyl groups is 1. The van der Waals surface area contributed by atoms with Crippen LogP contribution >= 0.6 is 11.6 Å². The van der Waals surface area contributed by atoms with E-state index in [2.05, 4.69) is 31.3 Å². The predicted molar refractivity (Wildman–Crippen MR) is 90.2 cm³/mol. The summed E-state index contributed by atoms with van der Waals surface area (Å²) in [7, 11) is 0. The molecule has 0 aliphatic rings. The zero-order valence-electron chi connectivity index (χ0n) is 12.7. The molecule has 2 nitrogen and oxygen atoms in total. The Balaban J connectivity index is 2.03. The van der Waals surface area contributed by atoms with Crippen molar-refractivity contribution < 1.29 is 5.11 Å². The number of aryl methyl sites for hydroxylation is 1. The number of aliphatic hydroxyl groups excluding tert-OH is 1. The number of hydrogen-bond donors (Lipinski definition) is 2. The molecule has 0 radical (unpaired) electrons. The molecule has 2 N–H and O–H groups in total. The van der Waals surface area contributed by atoms with E-state index in [1.165, 1.54) is 5.56 Å². The van der Waals surface area contributed by atoms with Crippen molar-refractivity contribution in [2.45, 2.75) is 32.8 Å². The number of halogens is 1. The molecule has 0 aliphatic carbocycles. The van der Waals surface area contributed by atoms with Crippen LogP contribution < -0.4 is 5.32 Å². The summed E-state index contributed by atoms with van der Waals surface area (Å²) in [5.74, 6) is 0.500. The molecule has 0 amide bonds. The van der Waals surface area contributed by atoms with Crippen molar-refractivity contribution in [2.24, 2.45) is 0 Å². The van der Waals surface area contributed by atoms with Crippen LogP contribution in [0.5, 0.6) is 0 Å².